The Kier molecular flexibility index (Phi) is 3.87. The summed E-state index contributed by atoms with van der Waals surface area (Å²) in [4.78, 5) is 12.3. The molecule has 1 aliphatic rings. The van der Waals surface area contributed by atoms with Gasteiger partial charge in [0.2, 0.25) is 0 Å². The van der Waals surface area contributed by atoms with Gasteiger partial charge in [-0.1, -0.05) is 42.5 Å². The Balaban J connectivity index is 2.25. The minimum Gasteiger partial charge on any atom is -0.294 e. The van der Waals surface area contributed by atoms with E-state index in [0.717, 1.165) is 0 Å². The number of alkyl halides is 3. The molecule has 0 aliphatic carbocycles. The predicted octanol–water partition coefficient (Wildman–Crippen LogP) is 3.67. The Bertz CT molecular complexity index is 879. The Morgan fingerprint density at radius 2 is 1.54 bits per heavy atom. The number of hydrogen-bond donors (Lipinski definition) is 0. The van der Waals surface area contributed by atoms with E-state index in [4.69, 9.17) is 0 Å². The van der Waals surface area contributed by atoms with E-state index in [0.29, 0.717) is 9.87 Å². The minimum absolute atomic E-state index is 0.0301. The molecule has 0 amide bonds. The first kappa shape index (κ1) is 16.5. The second-order valence-corrected chi connectivity index (χ2v) is 7.12. The first-order valence-corrected chi connectivity index (χ1v) is 8.45. The summed E-state index contributed by atoms with van der Waals surface area (Å²) in [7, 11) is -5.65. The van der Waals surface area contributed by atoms with E-state index < -0.39 is 27.4 Å². The van der Waals surface area contributed by atoms with Crippen molar-refractivity contribution >= 4 is 21.5 Å². The number of rotatable bonds is 2. The fourth-order valence-corrected chi connectivity index (χ4v) is 3.95. The number of anilines is 1. The molecule has 8 heteroatoms. The van der Waals surface area contributed by atoms with E-state index in [2.05, 4.69) is 0 Å². The van der Waals surface area contributed by atoms with Gasteiger partial charge in [-0.25, -0.2) is 0 Å². The molecule has 1 heterocycles. The number of Topliss-reactive ketones (excluding diaryl/α,β-unsaturated/α-hetero) is 1. The zero-order chi connectivity index (χ0) is 17.5. The van der Waals surface area contributed by atoms with Gasteiger partial charge in [-0.15, -0.1) is 0 Å². The number of carbonyl (C=O) groups is 1. The van der Waals surface area contributed by atoms with E-state index >= 15 is 0 Å². The molecule has 2 aromatic rings. The molecule has 0 N–H and O–H groups in total. The smallest absolute Gasteiger partial charge is 0.294 e. The number of sulfonamides is 1. The van der Waals surface area contributed by atoms with E-state index in [-0.39, 0.29) is 17.7 Å². The number of para-hydroxylation sites is 1. The molecule has 0 radical (unpaired) electrons. The quantitative estimate of drug-likeness (QED) is 0.826. The van der Waals surface area contributed by atoms with E-state index in [1.165, 1.54) is 36.4 Å². The van der Waals surface area contributed by atoms with E-state index in [1.54, 1.807) is 18.2 Å². The van der Waals surface area contributed by atoms with Crippen molar-refractivity contribution in [1.82, 2.24) is 0 Å². The van der Waals surface area contributed by atoms with Crippen molar-refractivity contribution in [3.8, 4) is 0 Å². The largest absolute Gasteiger partial charge is 0.516 e. The molecule has 0 saturated heterocycles. The van der Waals surface area contributed by atoms with Gasteiger partial charge in [0.1, 0.15) is 0 Å². The summed E-state index contributed by atoms with van der Waals surface area (Å²) >= 11 is 0. The van der Waals surface area contributed by atoms with Gasteiger partial charge in [-0.05, 0) is 17.7 Å². The third-order valence-corrected chi connectivity index (χ3v) is 5.39. The van der Waals surface area contributed by atoms with Gasteiger partial charge in [0.05, 0.1) is 11.7 Å². The van der Waals surface area contributed by atoms with Crippen molar-refractivity contribution in [2.45, 2.75) is 18.0 Å². The molecule has 1 atom stereocenters. The highest BCUT2D eigenvalue weighted by atomic mass is 32.2. The molecule has 3 rings (SSSR count). The van der Waals surface area contributed by atoms with Gasteiger partial charge in [-0.3, -0.25) is 9.10 Å². The highest BCUT2D eigenvalue weighted by Gasteiger charge is 2.54. The maximum Gasteiger partial charge on any atom is 0.516 e. The first-order chi connectivity index (χ1) is 11.2. The summed E-state index contributed by atoms with van der Waals surface area (Å²) in [5, 5.41) is 0. The lowest BCUT2D eigenvalue weighted by atomic mass is 9.92. The second kappa shape index (κ2) is 5.62. The monoisotopic (exact) mass is 355 g/mol. The van der Waals surface area contributed by atoms with Crippen LogP contribution >= 0.6 is 0 Å². The van der Waals surface area contributed by atoms with Crippen LogP contribution in [0.25, 0.3) is 0 Å². The molecule has 2 aromatic carbocycles. The standard InChI is InChI=1S/C16H12F3NO3S/c17-16(18,19)24(22,23)20-13-9-5-4-8-12(13)15(21)10-14(20)11-6-2-1-3-7-11/h1-9,14H,10H2/t14-/m0/s1. The van der Waals surface area contributed by atoms with Crippen LogP contribution in [0.4, 0.5) is 18.9 Å². The molecule has 0 saturated carbocycles. The van der Waals surface area contributed by atoms with Crippen LogP contribution in [-0.4, -0.2) is 19.7 Å². The SMILES string of the molecule is O=C1C[C@@H](c2ccccc2)N(S(=O)(=O)C(F)(F)F)c2ccccc21. The molecule has 0 spiro atoms. The third kappa shape index (κ3) is 2.56. The Labute approximate surface area is 136 Å². The fourth-order valence-electron chi connectivity index (χ4n) is 2.77. The lowest BCUT2D eigenvalue weighted by molar-refractivity contribution is -0.0441. The van der Waals surface area contributed by atoms with E-state index in [1.807, 2.05) is 0 Å². The van der Waals surface area contributed by atoms with Gasteiger partial charge in [0, 0.05) is 12.0 Å². The molecule has 0 aromatic heterocycles. The number of halogens is 3. The maximum absolute atomic E-state index is 13.2. The number of carbonyl (C=O) groups excluding carboxylic acids is 1. The molecule has 0 unspecified atom stereocenters. The molecule has 0 bridgehead atoms. The number of fused-ring (bicyclic) bond motifs is 1. The maximum atomic E-state index is 13.2. The first-order valence-electron chi connectivity index (χ1n) is 7.01. The predicted molar refractivity (Wildman–Crippen MR) is 82.0 cm³/mol. The van der Waals surface area contributed by atoms with Crippen molar-refractivity contribution in [1.29, 1.82) is 0 Å². The van der Waals surface area contributed by atoms with Crippen LogP contribution < -0.4 is 4.31 Å². The number of ketones is 1. The zero-order valence-electron chi connectivity index (χ0n) is 12.2. The molecule has 126 valence electrons. The fraction of sp³-hybridized carbons (Fsp3) is 0.188. The Morgan fingerprint density at radius 3 is 2.17 bits per heavy atom. The van der Waals surface area contributed by atoms with Crippen molar-refractivity contribution in [2.24, 2.45) is 0 Å². The van der Waals surface area contributed by atoms with Crippen LogP contribution in [-0.2, 0) is 10.0 Å². The van der Waals surface area contributed by atoms with Crippen LogP contribution in [0.1, 0.15) is 28.4 Å². The lowest BCUT2D eigenvalue weighted by Crippen LogP contribution is -2.46. The van der Waals surface area contributed by atoms with Crippen LogP contribution in [0.5, 0.6) is 0 Å². The third-order valence-electron chi connectivity index (χ3n) is 3.84. The van der Waals surface area contributed by atoms with Gasteiger partial charge >= 0.3 is 15.5 Å². The highest BCUT2D eigenvalue weighted by molar-refractivity contribution is 7.93. The summed E-state index contributed by atoms with van der Waals surface area (Å²) < 4.78 is 64.2. The summed E-state index contributed by atoms with van der Waals surface area (Å²) in [6, 6.07) is 12.0. The highest BCUT2D eigenvalue weighted by Crippen LogP contribution is 2.44. The summed E-state index contributed by atoms with van der Waals surface area (Å²) in [6.07, 6.45) is -0.351. The minimum atomic E-state index is -5.65. The molecular formula is C16H12F3NO3S. The molecule has 0 fully saturated rings. The Morgan fingerprint density at radius 1 is 0.958 bits per heavy atom. The van der Waals surface area contributed by atoms with Gasteiger partial charge < -0.3 is 0 Å². The number of hydrogen-bond acceptors (Lipinski definition) is 3. The number of benzene rings is 2. The van der Waals surface area contributed by atoms with Crippen molar-refractivity contribution in [3.05, 3.63) is 65.7 Å². The summed E-state index contributed by atoms with van der Waals surface area (Å²) in [5.74, 6) is -0.395. The van der Waals surface area contributed by atoms with Crippen molar-refractivity contribution in [2.75, 3.05) is 4.31 Å². The molecule has 4 nitrogen and oxygen atoms in total. The van der Waals surface area contributed by atoms with Crippen LogP contribution in [0.15, 0.2) is 54.6 Å². The zero-order valence-corrected chi connectivity index (χ0v) is 13.0. The van der Waals surface area contributed by atoms with Crippen LogP contribution in [0.2, 0.25) is 0 Å². The second-order valence-electron chi connectivity index (χ2n) is 5.32. The summed E-state index contributed by atoms with van der Waals surface area (Å²) in [5.41, 5.74) is -5.42. The Hall–Kier alpha value is -2.35. The van der Waals surface area contributed by atoms with Crippen molar-refractivity contribution in [3.63, 3.8) is 0 Å². The molecular weight excluding hydrogens is 343 g/mol. The lowest BCUT2D eigenvalue weighted by Gasteiger charge is -2.37. The summed E-state index contributed by atoms with van der Waals surface area (Å²) in [6.45, 7) is 0. The molecule has 24 heavy (non-hydrogen) atoms. The average molecular weight is 355 g/mol. The average Bonchev–Trinajstić information content (AvgIpc) is 2.54. The van der Waals surface area contributed by atoms with Gasteiger partial charge in [-0.2, -0.15) is 21.6 Å². The van der Waals surface area contributed by atoms with Crippen LogP contribution in [0, 0.1) is 0 Å². The topological polar surface area (TPSA) is 54.5 Å². The number of nitrogens with zero attached hydrogens (tertiary/aromatic N) is 1. The molecule has 1 aliphatic heterocycles. The van der Waals surface area contributed by atoms with Crippen molar-refractivity contribution < 1.29 is 26.4 Å². The normalized spacial score (nSPS) is 18.4. The van der Waals surface area contributed by atoms with Crippen LogP contribution in [0.3, 0.4) is 0 Å². The van der Waals surface area contributed by atoms with E-state index in [9.17, 15) is 26.4 Å². The van der Waals surface area contributed by atoms with Gasteiger partial charge in [0.15, 0.2) is 5.78 Å². The van der Waals surface area contributed by atoms with Gasteiger partial charge in [0.25, 0.3) is 0 Å².